The van der Waals surface area contributed by atoms with E-state index < -0.39 is 0 Å². The maximum absolute atomic E-state index is 12.8. The number of carbonyl (C=O) groups excluding carboxylic acids is 1. The van der Waals surface area contributed by atoms with E-state index in [1.165, 1.54) is 64.2 Å². The quantitative estimate of drug-likeness (QED) is 0.0681. The van der Waals surface area contributed by atoms with Crippen molar-refractivity contribution in [2.45, 2.75) is 164 Å². The van der Waals surface area contributed by atoms with Gasteiger partial charge in [-0.25, -0.2) is 0 Å². The van der Waals surface area contributed by atoms with Crippen molar-refractivity contribution in [3.8, 4) is 0 Å². The lowest BCUT2D eigenvalue weighted by atomic mass is 9.47. The van der Waals surface area contributed by atoms with Crippen LogP contribution >= 0.6 is 0 Å². The second kappa shape index (κ2) is 18.2. The minimum atomic E-state index is 0.0342. The molecule has 0 aromatic rings. The monoisotopic (exact) mass is 645 g/mol. The van der Waals surface area contributed by atoms with Gasteiger partial charge >= 0.3 is 5.97 Å². The van der Waals surface area contributed by atoms with Crippen molar-refractivity contribution < 1.29 is 9.53 Å². The zero-order valence-electron chi connectivity index (χ0n) is 31.7. The maximum Gasteiger partial charge on any atom is 0.306 e. The van der Waals surface area contributed by atoms with Gasteiger partial charge in [0.25, 0.3) is 0 Å². The molecular formula is C45H72O2. The molecule has 0 aromatic heterocycles. The second-order valence-corrected chi connectivity index (χ2v) is 16.9. The standard InChI is InChI=1S/C45H72O2/c1-8-10-11-12-13-14-15-16-17-18-19-20-21-22-43(46)47-38-29-31-44(6)37(33-38)25-26-39-41-28-27-40(45(41,7)32-30-42(39)44)35(5)23-24-36(9-2)34(3)4/h10-15,23-25,34-36,38-42H,8-9,16-22,26-33H2,1-7H3/b11-10+,13-12+,15-14-,24-23+. The number of esters is 1. The first-order valence-corrected chi connectivity index (χ1v) is 20.2. The molecule has 3 saturated carbocycles. The largest absolute Gasteiger partial charge is 0.462 e. The predicted octanol–water partition coefficient (Wildman–Crippen LogP) is 13.2. The summed E-state index contributed by atoms with van der Waals surface area (Å²) < 4.78 is 6.11. The zero-order valence-corrected chi connectivity index (χ0v) is 31.7. The van der Waals surface area contributed by atoms with Gasteiger partial charge in [0.2, 0.25) is 0 Å². The van der Waals surface area contributed by atoms with E-state index in [0.717, 1.165) is 68.1 Å². The third-order valence-electron chi connectivity index (χ3n) is 13.6. The number of allylic oxidation sites excluding steroid dienone is 9. The minimum absolute atomic E-state index is 0.0342. The van der Waals surface area contributed by atoms with Crippen LogP contribution < -0.4 is 0 Å². The molecule has 2 nitrogen and oxygen atoms in total. The van der Waals surface area contributed by atoms with Gasteiger partial charge < -0.3 is 4.74 Å². The third-order valence-corrected chi connectivity index (χ3v) is 13.6. The van der Waals surface area contributed by atoms with Gasteiger partial charge in [-0.3, -0.25) is 4.79 Å². The zero-order chi connectivity index (χ0) is 33.9. The van der Waals surface area contributed by atoms with Gasteiger partial charge in [-0.2, -0.15) is 0 Å². The Hall–Kier alpha value is -1.83. The number of hydrogen-bond acceptors (Lipinski definition) is 2. The molecule has 9 unspecified atom stereocenters. The molecule has 264 valence electrons. The predicted molar refractivity (Wildman–Crippen MR) is 202 cm³/mol. The summed E-state index contributed by atoms with van der Waals surface area (Å²) in [6.45, 7) is 17.0. The minimum Gasteiger partial charge on any atom is -0.462 e. The van der Waals surface area contributed by atoms with E-state index in [-0.39, 0.29) is 12.1 Å². The van der Waals surface area contributed by atoms with Crippen molar-refractivity contribution in [2.75, 3.05) is 0 Å². The molecule has 3 fully saturated rings. The number of fused-ring (bicyclic) bond motifs is 5. The summed E-state index contributed by atoms with van der Waals surface area (Å²) in [5, 5.41) is 0. The molecule has 9 atom stereocenters. The smallest absolute Gasteiger partial charge is 0.306 e. The van der Waals surface area contributed by atoms with Crippen molar-refractivity contribution in [1.29, 1.82) is 0 Å². The lowest BCUT2D eigenvalue weighted by Crippen LogP contribution is -2.51. The highest BCUT2D eigenvalue weighted by Gasteiger charge is 2.59. The van der Waals surface area contributed by atoms with Crippen LogP contribution in [0.2, 0.25) is 0 Å². The second-order valence-electron chi connectivity index (χ2n) is 16.9. The molecule has 4 rings (SSSR count). The molecule has 0 amide bonds. The van der Waals surface area contributed by atoms with E-state index >= 15 is 0 Å². The molecule has 0 aliphatic heterocycles. The Morgan fingerprint density at radius 2 is 1.62 bits per heavy atom. The SMILES string of the molecule is CC/C=C/C=C/C=C\CCCCCCCC(=O)OC1CCC2(C)C(=CCC3C2CCC2(C)C(C(C)/C=C/C(CC)C(C)C)CCC32)C1. The molecular weight excluding hydrogens is 572 g/mol. The molecule has 4 aliphatic rings. The Bertz CT molecular complexity index is 1120. The number of ether oxygens (including phenoxy) is 1. The topological polar surface area (TPSA) is 26.3 Å². The molecule has 0 saturated heterocycles. The van der Waals surface area contributed by atoms with Gasteiger partial charge in [0.15, 0.2) is 0 Å². The van der Waals surface area contributed by atoms with Gasteiger partial charge in [-0.1, -0.05) is 128 Å². The fraction of sp³-hybridized carbons (Fsp3) is 0.756. The van der Waals surface area contributed by atoms with E-state index in [1.54, 1.807) is 5.57 Å². The van der Waals surface area contributed by atoms with Gasteiger partial charge in [0.1, 0.15) is 6.10 Å². The highest BCUT2D eigenvalue weighted by atomic mass is 16.5. The number of hydrogen-bond donors (Lipinski definition) is 0. The number of unbranched alkanes of at least 4 members (excludes halogenated alkanes) is 5. The van der Waals surface area contributed by atoms with Crippen LogP contribution in [-0.4, -0.2) is 12.1 Å². The van der Waals surface area contributed by atoms with E-state index in [4.69, 9.17) is 4.74 Å². The van der Waals surface area contributed by atoms with Gasteiger partial charge in [-0.05, 0) is 129 Å². The summed E-state index contributed by atoms with van der Waals surface area (Å²) in [4.78, 5) is 12.8. The summed E-state index contributed by atoms with van der Waals surface area (Å²) in [6.07, 6.45) is 40.7. The van der Waals surface area contributed by atoms with Crippen LogP contribution in [0.1, 0.15) is 158 Å². The summed E-state index contributed by atoms with van der Waals surface area (Å²) in [6, 6.07) is 0. The van der Waals surface area contributed by atoms with Crippen LogP contribution in [0.5, 0.6) is 0 Å². The van der Waals surface area contributed by atoms with E-state index in [9.17, 15) is 4.79 Å². The molecule has 0 aromatic carbocycles. The number of rotatable bonds is 17. The van der Waals surface area contributed by atoms with Gasteiger partial charge in [0.05, 0.1) is 0 Å². The first-order valence-electron chi connectivity index (χ1n) is 20.2. The van der Waals surface area contributed by atoms with Crippen molar-refractivity contribution in [1.82, 2.24) is 0 Å². The van der Waals surface area contributed by atoms with Crippen LogP contribution in [0, 0.1) is 52.3 Å². The van der Waals surface area contributed by atoms with Crippen LogP contribution in [0.4, 0.5) is 0 Å². The molecule has 0 heterocycles. The summed E-state index contributed by atoms with van der Waals surface area (Å²) in [7, 11) is 0. The Kier molecular flexibility index (Phi) is 14.7. The van der Waals surface area contributed by atoms with Crippen LogP contribution in [-0.2, 0) is 9.53 Å². The van der Waals surface area contributed by atoms with Crippen LogP contribution in [0.3, 0.4) is 0 Å². The van der Waals surface area contributed by atoms with Crippen molar-refractivity contribution in [3.63, 3.8) is 0 Å². The molecule has 2 heteroatoms. The fourth-order valence-electron chi connectivity index (χ4n) is 10.7. The summed E-state index contributed by atoms with van der Waals surface area (Å²) in [5.74, 6) is 5.49. The van der Waals surface area contributed by atoms with Crippen molar-refractivity contribution >= 4 is 5.97 Å². The van der Waals surface area contributed by atoms with Crippen LogP contribution in [0.25, 0.3) is 0 Å². The highest BCUT2D eigenvalue weighted by molar-refractivity contribution is 5.69. The van der Waals surface area contributed by atoms with E-state index in [0.29, 0.717) is 29.1 Å². The Morgan fingerprint density at radius 3 is 2.36 bits per heavy atom. The van der Waals surface area contributed by atoms with Crippen LogP contribution in [0.15, 0.2) is 60.3 Å². The van der Waals surface area contributed by atoms with E-state index in [1.807, 2.05) is 0 Å². The molecule has 0 N–H and O–H groups in total. The first-order chi connectivity index (χ1) is 22.6. The molecule has 0 spiro atoms. The lowest BCUT2D eigenvalue weighted by Gasteiger charge is -2.58. The maximum atomic E-state index is 12.8. The molecule has 0 bridgehead atoms. The van der Waals surface area contributed by atoms with Gasteiger partial charge in [-0.15, -0.1) is 0 Å². The van der Waals surface area contributed by atoms with E-state index in [2.05, 4.69) is 103 Å². The normalized spacial score (nSPS) is 33.8. The average molecular weight is 645 g/mol. The summed E-state index contributed by atoms with van der Waals surface area (Å²) >= 11 is 0. The first kappa shape index (κ1) is 38.0. The average Bonchev–Trinajstić information content (AvgIpc) is 3.41. The molecule has 0 radical (unpaired) electrons. The Labute approximate surface area is 291 Å². The van der Waals surface area contributed by atoms with Gasteiger partial charge in [0, 0.05) is 12.8 Å². The third kappa shape index (κ3) is 9.66. The lowest BCUT2D eigenvalue weighted by molar-refractivity contribution is -0.151. The summed E-state index contributed by atoms with van der Waals surface area (Å²) in [5.41, 5.74) is 2.41. The molecule has 4 aliphatic carbocycles. The highest BCUT2D eigenvalue weighted by Crippen LogP contribution is 2.67. The molecule has 47 heavy (non-hydrogen) atoms. The Balaban J connectivity index is 1.20. The van der Waals surface area contributed by atoms with Crippen molar-refractivity contribution in [2.24, 2.45) is 52.3 Å². The fourth-order valence-corrected chi connectivity index (χ4v) is 10.7. The van der Waals surface area contributed by atoms with Crippen molar-refractivity contribution in [3.05, 3.63) is 60.3 Å². The number of carbonyl (C=O) groups is 1. The Morgan fingerprint density at radius 1 is 0.872 bits per heavy atom.